The Morgan fingerprint density at radius 1 is 1.36 bits per heavy atom. The van der Waals surface area contributed by atoms with Gasteiger partial charge in [-0.3, -0.25) is 0 Å². The summed E-state index contributed by atoms with van der Waals surface area (Å²) in [5, 5.41) is 2.85. The fourth-order valence-electron chi connectivity index (χ4n) is 3.05. The minimum absolute atomic E-state index is 0.0907. The van der Waals surface area contributed by atoms with E-state index >= 15 is 0 Å². The normalized spacial score (nSPS) is 21.5. The second-order valence-corrected chi connectivity index (χ2v) is 6.18. The van der Waals surface area contributed by atoms with Crippen LogP contribution in [0.5, 0.6) is 0 Å². The largest absolute Gasteiger partial charge is 0.465 e. The highest BCUT2D eigenvalue weighted by atomic mass is 16.5. The van der Waals surface area contributed by atoms with Crippen LogP contribution >= 0.6 is 0 Å². The molecule has 1 N–H and O–H groups in total. The summed E-state index contributed by atoms with van der Waals surface area (Å²) in [5.74, 6) is 1.65. The van der Waals surface area contributed by atoms with E-state index in [9.17, 15) is 9.59 Å². The lowest BCUT2D eigenvalue weighted by Crippen LogP contribution is -2.47. The van der Waals surface area contributed by atoms with E-state index in [1.54, 1.807) is 13.0 Å². The van der Waals surface area contributed by atoms with Gasteiger partial charge in [-0.25, -0.2) is 9.59 Å². The lowest BCUT2D eigenvalue weighted by Gasteiger charge is -2.34. The van der Waals surface area contributed by atoms with Crippen molar-refractivity contribution < 1.29 is 18.7 Å². The highest BCUT2D eigenvalue weighted by Crippen LogP contribution is 2.21. The number of amides is 2. The number of methoxy groups -OCH3 is 1. The third-order valence-corrected chi connectivity index (χ3v) is 3.94. The molecule has 2 atom stereocenters. The molecule has 122 valence electrons. The van der Waals surface area contributed by atoms with E-state index in [4.69, 9.17) is 4.42 Å². The van der Waals surface area contributed by atoms with Gasteiger partial charge < -0.3 is 19.4 Å². The van der Waals surface area contributed by atoms with Crippen LogP contribution < -0.4 is 5.32 Å². The van der Waals surface area contributed by atoms with E-state index in [0.717, 1.165) is 19.5 Å². The molecule has 2 rings (SSSR count). The topological polar surface area (TPSA) is 71.8 Å². The van der Waals surface area contributed by atoms with Crippen LogP contribution in [0.4, 0.5) is 4.79 Å². The molecule has 0 spiro atoms. The summed E-state index contributed by atoms with van der Waals surface area (Å²) < 4.78 is 10.2. The number of likely N-dealkylation sites (tertiary alicyclic amines) is 1. The maximum Gasteiger partial charge on any atom is 0.341 e. The first-order valence-corrected chi connectivity index (χ1v) is 7.61. The van der Waals surface area contributed by atoms with Crippen LogP contribution in [0.15, 0.2) is 10.5 Å². The Bertz CT molecular complexity index is 542. The van der Waals surface area contributed by atoms with Crippen LogP contribution in [0, 0.1) is 18.8 Å². The zero-order valence-electron chi connectivity index (χ0n) is 13.6. The molecule has 0 radical (unpaired) electrons. The molecular weight excluding hydrogens is 284 g/mol. The number of carbonyl (C=O) groups is 2. The van der Waals surface area contributed by atoms with Crippen LogP contribution in [0.1, 0.15) is 42.1 Å². The zero-order chi connectivity index (χ0) is 16.3. The van der Waals surface area contributed by atoms with Gasteiger partial charge in [-0.05, 0) is 31.2 Å². The van der Waals surface area contributed by atoms with Crippen molar-refractivity contribution in [2.45, 2.75) is 33.7 Å². The number of nitrogens with zero attached hydrogens (tertiary/aromatic N) is 1. The molecule has 1 aliphatic heterocycles. The van der Waals surface area contributed by atoms with Gasteiger partial charge in [-0.15, -0.1) is 0 Å². The van der Waals surface area contributed by atoms with Crippen LogP contribution in [0.3, 0.4) is 0 Å². The molecule has 0 saturated carbocycles. The number of urea groups is 1. The van der Waals surface area contributed by atoms with Gasteiger partial charge in [0, 0.05) is 13.1 Å². The lowest BCUT2D eigenvalue weighted by molar-refractivity contribution is 0.0598. The number of aryl methyl sites for hydroxylation is 1. The Hall–Kier alpha value is -1.98. The third kappa shape index (κ3) is 3.81. The highest BCUT2D eigenvalue weighted by molar-refractivity contribution is 5.90. The maximum atomic E-state index is 12.2. The van der Waals surface area contributed by atoms with Crippen LogP contribution in [-0.2, 0) is 11.3 Å². The summed E-state index contributed by atoms with van der Waals surface area (Å²) in [5.41, 5.74) is 0.395. The molecule has 1 aliphatic rings. The molecule has 2 heterocycles. The number of esters is 1. The van der Waals surface area contributed by atoms with E-state index in [2.05, 4.69) is 23.9 Å². The highest BCUT2D eigenvalue weighted by Gasteiger charge is 2.25. The number of carbonyl (C=O) groups excluding carboxylic acids is 2. The second-order valence-electron chi connectivity index (χ2n) is 6.18. The minimum atomic E-state index is -0.433. The first kappa shape index (κ1) is 16.4. The third-order valence-electron chi connectivity index (χ3n) is 3.94. The van der Waals surface area contributed by atoms with E-state index in [0.29, 0.717) is 28.9 Å². The molecule has 1 fully saturated rings. The second kappa shape index (κ2) is 6.85. The Morgan fingerprint density at radius 2 is 2.00 bits per heavy atom. The van der Waals surface area contributed by atoms with Gasteiger partial charge >= 0.3 is 12.0 Å². The lowest BCUT2D eigenvalue weighted by atomic mass is 9.92. The van der Waals surface area contributed by atoms with Gasteiger partial charge in [0.05, 0.1) is 13.7 Å². The van der Waals surface area contributed by atoms with Crippen molar-refractivity contribution >= 4 is 12.0 Å². The summed E-state index contributed by atoms with van der Waals surface area (Å²) in [7, 11) is 1.33. The monoisotopic (exact) mass is 308 g/mol. The molecule has 2 amide bonds. The Kier molecular flexibility index (Phi) is 5.11. The van der Waals surface area contributed by atoms with Crippen LogP contribution in [0.2, 0.25) is 0 Å². The Morgan fingerprint density at radius 3 is 2.59 bits per heavy atom. The number of nitrogens with one attached hydrogen (secondary N) is 1. The molecule has 0 bridgehead atoms. The molecule has 1 aromatic heterocycles. The van der Waals surface area contributed by atoms with Crippen molar-refractivity contribution in [3.05, 3.63) is 23.2 Å². The molecule has 6 heteroatoms. The van der Waals surface area contributed by atoms with Crippen LogP contribution in [-0.4, -0.2) is 37.1 Å². The summed E-state index contributed by atoms with van der Waals surface area (Å²) in [6, 6.07) is 1.52. The van der Waals surface area contributed by atoms with E-state index in [1.165, 1.54) is 7.11 Å². The number of piperidine rings is 1. The smallest absolute Gasteiger partial charge is 0.341 e. The summed E-state index contributed by atoms with van der Waals surface area (Å²) in [6.07, 6.45) is 1.16. The van der Waals surface area contributed by atoms with Gasteiger partial charge in [0.2, 0.25) is 0 Å². The summed E-state index contributed by atoms with van der Waals surface area (Å²) in [6.45, 7) is 7.84. The number of furan rings is 1. The summed E-state index contributed by atoms with van der Waals surface area (Å²) in [4.78, 5) is 25.6. The molecule has 6 nitrogen and oxygen atoms in total. The average molecular weight is 308 g/mol. The molecule has 1 saturated heterocycles. The summed E-state index contributed by atoms with van der Waals surface area (Å²) >= 11 is 0. The van der Waals surface area contributed by atoms with E-state index in [-0.39, 0.29) is 12.6 Å². The molecule has 1 aromatic rings. The molecule has 2 unspecified atom stereocenters. The Labute approximate surface area is 130 Å². The standard InChI is InChI=1S/C16H24N2O4/c1-10-5-11(2)9-18(8-10)16(20)17-7-13-6-14(12(3)22-13)15(19)21-4/h6,10-11H,5,7-9H2,1-4H3,(H,17,20). The van der Waals surface area contributed by atoms with Crippen molar-refractivity contribution in [3.8, 4) is 0 Å². The van der Waals surface area contributed by atoms with E-state index < -0.39 is 5.97 Å². The minimum Gasteiger partial charge on any atom is -0.465 e. The van der Waals surface area contributed by atoms with Gasteiger partial charge in [-0.2, -0.15) is 0 Å². The van der Waals surface area contributed by atoms with Crippen molar-refractivity contribution in [2.24, 2.45) is 11.8 Å². The maximum absolute atomic E-state index is 12.2. The van der Waals surface area contributed by atoms with Gasteiger partial charge in [-0.1, -0.05) is 13.8 Å². The number of hydrogen-bond donors (Lipinski definition) is 1. The number of ether oxygens (including phenoxy) is 1. The Balaban J connectivity index is 1.92. The number of hydrogen-bond acceptors (Lipinski definition) is 4. The molecule has 22 heavy (non-hydrogen) atoms. The first-order chi connectivity index (χ1) is 10.4. The predicted octanol–water partition coefficient (Wildman–Crippen LogP) is 2.56. The number of rotatable bonds is 3. The fraction of sp³-hybridized carbons (Fsp3) is 0.625. The van der Waals surface area contributed by atoms with Crippen molar-refractivity contribution in [1.29, 1.82) is 0 Å². The molecule has 0 aliphatic carbocycles. The quantitative estimate of drug-likeness (QED) is 0.871. The molecule has 0 aromatic carbocycles. The predicted molar refractivity (Wildman–Crippen MR) is 81.5 cm³/mol. The van der Waals surface area contributed by atoms with Gasteiger partial charge in [0.1, 0.15) is 17.1 Å². The van der Waals surface area contributed by atoms with Gasteiger partial charge in [0.25, 0.3) is 0 Å². The van der Waals surface area contributed by atoms with Crippen LogP contribution in [0.25, 0.3) is 0 Å². The SMILES string of the molecule is COC(=O)c1cc(CNC(=O)N2CC(C)CC(C)C2)oc1C. The van der Waals surface area contributed by atoms with Gasteiger partial charge in [0.15, 0.2) is 0 Å². The average Bonchev–Trinajstić information content (AvgIpc) is 2.84. The van der Waals surface area contributed by atoms with Crippen molar-refractivity contribution in [3.63, 3.8) is 0 Å². The van der Waals surface area contributed by atoms with Crippen molar-refractivity contribution in [1.82, 2.24) is 10.2 Å². The first-order valence-electron chi connectivity index (χ1n) is 7.61. The fourth-order valence-corrected chi connectivity index (χ4v) is 3.05. The molecular formula is C16H24N2O4. The van der Waals surface area contributed by atoms with E-state index in [1.807, 2.05) is 4.90 Å². The zero-order valence-corrected chi connectivity index (χ0v) is 13.6. The van der Waals surface area contributed by atoms with Crippen molar-refractivity contribution in [2.75, 3.05) is 20.2 Å².